The summed E-state index contributed by atoms with van der Waals surface area (Å²) in [5.41, 5.74) is 1.86. The Balaban J connectivity index is 1.34. The first-order valence-corrected chi connectivity index (χ1v) is 15.0. The number of aromatic nitrogens is 4. The molecular formula is C27H36N8O5S. The van der Waals surface area contributed by atoms with Crippen LogP contribution in [0, 0.1) is 0 Å². The number of hydrogen-bond acceptors (Lipinski definition) is 9. The third-order valence-electron chi connectivity index (χ3n) is 7.17. The number of nitrogens with one attached hydrogen (secondary N) is 1. The summed E-state index contributed by atoms with van der Waals surface area (Å²) in [5.74, 6) is 2.50. The fourth-order valence-electron chi connectivity index (χ4n) is 4.85. The number of anilines is 1. The maximum Gasteiger partial charge on any atom is 0.281 e. The fraction of sp³-hybridized carbons (Fsp3) is 0.481. The van der Waals surface area contributed by atoms with E-state index in [0.29, 0.717) is 42.8 Å². The van der Waals surface area contributed by atoms with Gasteiger partial charge in [0.1, 0.15) is 12.1 Å². The van der Waals surface area contributed by atoms with Gasteiger partial charge >= 0.3 is 0 Å². The van der Waals surface area contributed by atoms with Crippen LogP contribution in [0.1, 0.15) is 37.4 Å². The van der Waals surface area contributed by atoms with Crippen LogP contribution in [0.2, 0.25) is 0 Å². The summed E-state index contributed by atoms with van der Waals surface area (Å²) in [6.07, 6.45) is 5.79. The van der Waals surface area contributed by atoms with Crippen LogP contribution < -0.4 is 19.7 Å². The minimum absolute atomic E-state index is 0.0992. The lowest BCUT2D eigenvalue weighted by Gasteiger charge is -2.42. The first-order valence-electron chi connectivity index (χ1n) is 13.6. The van der Waals surface area contributed by atoms with Gasteiger partial charge in [0.15, 0.2) is 11.5 Å². The second-order valence-corrected chi connectivity index (χ2v) is 12.7. The maximum absolute atomic E-state index is 13.2. The highest BCUT2D eigenvalue weighted by molar-refractivity contribution is 7.86. The highest BCUT2D eigenvalue weighted by atomic mass is 32.2. The Morgan fingerprint density at radius 2 is 1.95 bits per heavy atom. The molecule has 1 amide bonds. The van der Waals surface area contributed by atoms with Crippen molar-refractivity contribution in [2.24, 2.45) is 0 Å². The molecule has 0 bridgehead atoms. The monoisotopic (exact) mass is 584 g/mol. The van der Waals surface area contributed by atoms with Crippen molar-refractivity contribution in [1.29, 1.82) is 0 Å². The van der Waals surface area contributed by atoms with E-state index in [1.54, 1.807) is 23.3 Å². The van der Waals surface area contributed by atoms with Crippen LogP contribution in [0.3, 0.4) is 0 Å². The summed E-state index contributed by atoms with van der Waals surface area (Å²) in [4.78, 5) is 28.8. The molecule has 0 aliphatic carbocycles. The molecule has 1 atom stereocenters. The maximum atomic E-state index is 13.2. The number of imidazole rings is 1. The Bertz CT molecular complexity index is 1480. The van der Waals surface area contributed by atoms with Crippen LogP contribution in [0.5, 0.6) is 11.5 Å². The molecule has 1 saturated heterocycles. The molecular weight excluding hydrogens is 548 g/mol. The van der Waals surface area contributed by atoms with Gasteiger partial charge in [0.25, 0.3) is 10.2 Å². The molecule has 0 spiro atoms. The molecule has 1 N–H and O–H groups in total. The normalized spacial score (nSPS) is 17.4. The Morgan fingerprint density at radius 1 is 1.15 bits per heavy atom. The number of rotatable bonds is 10. The van der Waals surface area contributed by atoms with Crippen molar-refractivity contribution in [3.8, 4) is 17.4 Å². The average Bonchev–Trinajstić information content (AvgIpc) is 3.65. The van der Waals surface area contributed by atoms with Gasteiger partial charge in [0, 0.05) is 65.2 Å². The zero-order valence-corrected chi connectivity index (χ0v) is 24.5. The van der Waals surface area contributed by atoms with Crippen LogP contribution >= 0.6 is 0 Å². The molecule has 2 aromatic heterocycles. The number of benzene rings is 1. The number of ether oxygens (including phenoxy) is 2. The van der Waals surface area contributed by atoms with E-state index < -0.39 is 16.3 Å². The Morgan fingerprint density at radius 3 is 2.68 bits per heavy atom. The predicted molar refractivity (Wildman–Crippen MR) is 152 cm³/mol. The van der Waals surface area contributed by atoms with Crippen LogP contribution in [-0.2, 0) is 21.4 Å². The lowest BCUT2D eigenvalue weighted by atomic mass is 10.1. The third-order valence-corrected chi connectivity index (χ3v) is 9.08. The van der Waals surface area contributed by atoms with Crippen molar-refractivity contribution in [3.05, 3.63) is 54.2 Å². The Hall–Kier alpha value is -3.75. The van der Waals surface area contributed by atoms with Gasteiger partial charge in [-0.15, -0.1) is 0 Å². The fourth-order valence-corrected chi connectivity index (χ4v) is 5.98. The van der Waals surface area contributed by atoms with Crippen molar-refractivity contribution in [2.45, 2.75) is 38.6 Å². The van der Waals surface area contributed by atoms with Gasteiger partial charge in [0.05, 0.1) is 11.7 Å². The first kappa shape index (κ1) is 28.8. The highest BCUT2D eigenvalue weighted by Gasteiger charge is 2.36. The number of carbonyl (C=O) groups excluding carboxylic acids is 1. The number of carbonyl (C=O) groups is 1. The quantitative estimate of drug-likeness (QED) is 0.377. The molecule has 220 valence electrons. The molecule has 4 heterocycles. The van der Waals surface area contributed by atoms with E-state index in [-0.39, 0.29) is 38.1 Å². The molecule has 13 nitrogen and oxygen atoms in total. The topological polar surface area (TPSA) is 135 Å². The molecule has 1 unspecified atom stereocenters. The van der Waals surface area contributed by atoms with Gasteiger partial charge < -0.3 is 19.7 Å². The van der Waals surface area contributed by atoms with E-state index in [0.717, 1.165) is 11.3 Å². The van der Waals surface area contributed by atoms with Gasteiger partial charge in [-0.3, -0.25) is 9.36 Å². The summed E-state index contributed by atoms with van der Waals surface area (Å²) in [6.45, 7) is 5.54. The molecule has 41 heavy (non-hydrogen) atoms. The summed E-state index contributed by atoms with van der Waals surface area (Å²) >= 11 is 0. The van der Waals surface area contributed by atoms with E-state index in [2.05, 4.69) is 24.1 Å². The molecule has 5 rings (SSSR count). The van der Waals surface area contributed by atoms with Gasteiger partial charge in [-0.1, -0.05) is 19.9 Å². The van der Waals surface area contributed by atoms with Crippen LogP contribution in [0.15, 0.2) is 43.0 Å². The highest BCUT2D eigenvalue weighted by Crippen LogP contribution is 2.32. The first-order chi connectivity index (χ1) is 19.6. The minimum Gasteiger partial charge on any atom is -0.454 e. The largest absolute Gasteiger partial charge is 0.454 e. The van der Waals surface area contributed by atoms with Gasteiger partial charge in [-0.2, -0.15) is 22.0 Å². The zero-order valence-electron chi connectivity index (χ0n) is 23.7. The Labute approximate surface area is 240 Å². The molecule has 0 radical (unpaired) electrons. The molecule has 0 saturated carbocycles. The van der Waals surface area contributed by atoms with E-state index in [9.17, 15) is 13.2 Å². The smallest absolute Gasteiger partial charge is 0.281 e. The molecule has 3 aromatic rings. The number of piperazine rings is 1. The predicted octanol–water partition coefficient (Wildman–Crippen LogP) is 1.56. The van der Waals surface area contributed by atoms with Gasteiger partial charge in [-0.25, -0.2) is 9.97 Å². The number of fused-ring (bicyclic) bond motifs is 1. The third kappa shape index (κ3) is 6.44. The van der Waals surface area contributed by atoms with Crippen molar-refractivity contribution in [2.75, 3.05) is 52.0 Å². The standard InChI is InChI=1S/C27H36N8O5S/c1-19(2)22-15-25(31-27(30-22)33-10-9-28-17-33)35-12-11-34(41(37,38)32(3)4)16-21(35)14-26(36)29-8-7-20-5-6-23-24(13-20)40-18-39-23/h5-6,9-10,13,15,17,19,21H,7-8,11-12,14,16,18H2,1-4H3,(H,29,36). The molecule has 14 heteroatoms. The summed E-state index contributed by atoms with van der Waals surface area (Å²) in [7, 11) is -0.636. The van der Waals surface area contributed by atoms with E-state index in [1.165, 1.54) is 22.7 Å². The zero-order chi connectivity index (χ0) is 29.1. The summed E-state index contributed by atoms with van der Waals surface area (Å²) in [6, 6.07) is 7.22. The van der Waals surface area contributed by atoms with Gasteiger partial charge in [-0.05, 0) is 30.0 Å². The molecule has 1 aromatic carbocycles. The van der Waals surface area contributed by atoms with E-state index in [1.807, 2.05) is 29.2 Å². The van der Waals surface area contributed by atoms with Crippen molar-refractivity contribution in [3.63, 3.8) is 0 Å². The lowest BCUT2D eigenvalue weighted by Crippen LogP contribution is -2.58. The lowest BCUT2D eigenvalue weighted by molar-refractivity contribution is -0.121. The summed E-state index contributed by atoms with van der Waals surface area (Å²) in [5, 5.41) is 3.00. The van der Waals surface area contributed by atoms with Gasteiger partial charge in [0.2, 0.25) is 18.6 Å². The van der Waals surface area contributed by atoms with Crippen molar-refractivity contribution >= 4 is 21.9 Å². The number of hydrogen-bond donors (Lipinski definition) is 1. The average molecular weight is 585 g/mol. The molecule has 1 fully saturated rings. The Kier molecular flexibility index (Phi) is 8.42. The number of nitrogens with zero attached hydrogens (tertiary/aromatic N) is 7. The van der Waals surface area contributed by atoms with Crippen LogP contribution in [0.25, 0.3) is 5.95 Å². The van der Waals surface area contributed by atoms with Crippen molar-refractivity contribution in [1.82, 2.24) is 33.4 Å². The SMILES string of the molecule is CC(C)c1cc(N2CCN(S(=O)(=O)N(C)C)CC2CC(=O)NCCc2ccc3c(c2)OCO3)nc(-n2ccnc2)n1. The van der Waals surface area contributed by atoms with Crippen LogP contribution in [-0.4, -0.2) is 95.6 Å². The van der Waals surface area contributed by atoms with Crippen LogP contribution in [0.4, 0.5) is 5.82 Å². The molecule has 2 aliphatic rings. The number of amides is 1. The van der Waals surface area contributed by atoms with Crippen molar-refractivity contribution < 1.29 is 22.7 Å². The van der Waals surface area contributed by atoms with E-state index in [4.69, 9.17) is 19.4 Å². The minimum atomic E-state index is -3.66. The second-order valence-electron chi connectivity index (χ2n) is 10.6. The van der Waals surface area contributed by atoms with E-state index >= 15 is 0 Å². The summed E-state index contributed by atoms with van der Waals surface area (Å²) < 4.78 is 41.2. The second kappa shape index (κ2) is 12.0. The molecule has 2 aliphatic heterocycles.